The van der Waals surface area contributed by atoms with Crippen LogP contribution in [0, 0.1) is 6.92 Å². The number of urea groups is 1. The second-order valence-corrected chi connectivity index (χ2v) is 6.38. The van der Waals surface area contributed by atoms with Gasteiger partial charge in [-0.2, -0.15) is 0 Å². The average Bonchev–Trinajstić information content (AvgIpc) is 2.92. The van der Waals surface area contributed by atoms with E-state index in [4.69, 9.17) is 4.42 Å². The van der Waals surface area contributed by atoms with Crippen molar-refractivity contribution in [1.82, 2.24) is 4.98 Å². The Kier molecular flexibility index (Phi) is 4.92. The standard InChI is InChI=1S/C17H21N3O4/c1-10-6-8-11(9-7-10)18-16(22)20-13-12(14(21)23-5)19-15(24-13)17(2,3)4/h6-9H,1-5H3,(H2,18,20,22). The number of ether oxygens (including phenoxy) is 1. The summed E-state index contributed by atoms with van der Waals surface area (Å²) < 4.78 is 10.2. The second-order valence-electron chi connectivity index (χ2n) is 6.38. The fraction of sp³-hybridized carbons (Fsp3) is 0.353. The predicted molar refractivity (Wildman–Crippen MR) is 90.4 cm³/mol. The molecule has 2 rings (SSSR count). The van der Waals surface area contributed by atoms with Crippen LogP contribution >= 0.6 is 0 Å². The fourth-order valence-electron chi connectivity index (χ4n) is 1.86. The molecule has 0 aliphatic carbocycles. The fourth-order valence-corrected chi connectivity index (χ4v) is 1.86. The molecule has 0 aliphatic heterocycles. The number of hydrogen-bond donors (Lipinski definition) is 2. The summed E-state index contributed by atoms with van der Waals surface area (Å²) in [5, 5.41) is 5.16. The van der Waals surface area contributed by atoms with Gasteiger partial charge in [0.2, 0.25) is 17.5 Å². The molecule has 0 unspecified atom stereocenters. The van der Waals surface area contributed by atoms with Gasteiger partial charge in [0.25, 0.3) is 0 Å². The van der Waals surface area contributed by atoms with Crippen molar-refractivity contribution in [3.8, 4) is 0 Å². The van der Waals surface area contributed by atoms with Crippen molar-refractivity contribution in [2.45, 2.75) is 33.1 Å². The van der Waals surface area contributed by atoms with E-state index in [1.165, 1.54) is 7.11 Å². The smallest absolute Gasteiger partial charge is 0.362 e. The molecule has 1 aromatic heterocycles. The second kappa shape index (κ2) is 6.74. The van der Waals surface area contributed by atoms with Crippen molar-refractivity contribution < 1.29 is 18.7 Å². The molecule has 0 atom stereocenters. The van der Waals surface area contributed by atoms with Crippen LogP contribution < -0.4 is 10.6 Å². The van der Waals surface area contributed by atoms with Crippen LogP contribution in [-0.2, 0) is 10.2 Å². The lowest BCUT2D eigenvalue weighted by atomic mass is 9.97. The molecule has 7 heteroatoms. The number of esters is 1. The number of aromatic nitrogens is 1. The lowest BCUT2D eigenvalue weighted by molar-refractivity contribution is 0.0595. The molecule has 0 bridgehead atoms. The van der Waals surface area contributed by atoms with Crippen molar-refractivity contribution in [1.29, 1.82) is 0 Å². The van der Waals surface area contributed by atoms with Gasteiger partial charge in [0.05, 0.1) is 7.11 Å². The molecule has 2 amide bonds. The van der Waals surface area contributed by atoms with Gasteiger partial charge in [-0.1, -0.05) is 38.5 Å². The van der Waals surface area contributed by atoms with E-state index in [1.54, 1.807) is 12.1 Å². The van der Waals surface area contributed by atoms with Crippen LogP contribution in [-0.4, -0.2) is 24.1 Å². The zero-order chi connectivity index (χ0) is 17.9. The maximum absolute atomic E-state index is 12.1. The van der Waals surface area contributed by atoms with E-state index in [-0.39, 0.29) is 11.6 Å². The third-order valence-corrected chi connectivity index (χ3v) is 3.18. The average molecular weight is 331 g/mol. The van der Waals surface area contributed by atoms with E-state index >= 15 is 0 Å². The Labute approximate surface area is 140 Å². The first-order valence-corrected chi connectivity index (χ1v) is 7.45. The zero-order valence-corrected chi connectivity index (χ0v) is 14.4. The van der Waals surface area contributed by atoms with Gasteiger partial charge >= 0.3 is 12.0 Å². The number of anilines is 2. The molecule has 0 spiro atoms. The molecule has 0 aliphatic rings. The number of carbonyl (C=O) groups excluding carboxylic acids is 2. The Bertz CT molecular complexity index is 742. The van der Waals surface area contributed by atoms with Crippen LogP contribution in [0.25, 0.3) is 0 Å². The number of benzene rings is 1. The summed E-state index contributed by atoms with van der Waals surface area (Å²) in [6.07, 6.45) is 0. The molecule has 7 nitrogen and oxygen atoms in total. The summed E-state index contributed by atoms with van der Waals surface area (Å²) in [7, 11) is 1.24. The number of hydrogen-bond acceptors (Lipinski definition) is 5. The minimum atomic E-state index is -0.681. The molecule has 0 saturated heterocycles. The number of aryl methyl sites for hydroxylation is 1. The summed E-state index contributed by atoms with van der Waals surface area (Å²) in [5.74, 6) is -0.398. The number of nitrogens with zero attached hydrogens (tertiary/aromatic N) is 1. The topological polar surface area (TPSA) is 93.5 Å². The molecule has 24 heavy (non-hydrogen) atoms. The Morgan fingerprint density at radius 3 is 2.29 bits per heavy atom. The van der Waals surface area contributed by atoms with Crippen molar-refractivity contribution in [2.24, 2.45) is 0 Å². The third-order valence-electron chi connectivity index (χ3n) is 3.18. The Balaban J connectivity index is 2.21. The van der Waals surface area contributed by atoms with E-state index in [2.05, 4.69) is 20.4 Å². The molecule has 0 saturated carbocycles. The minimum Gasteiger partial charge on any atom is -0.464 e. The highest BCUT2D eigenvalue weighted by Crippen LogP contribution is 2.27. The third kappa shape index (κ3) is 4.13. The number of nitrogens with one attached hydrogen (secondary N) is 2. The lowest BCUT2D eigenvalue weighted by Crippen LogP contribution is -2.20. The van der Waals surface area contributed by atoms with E-state index in [0.717, 1.165) is 5.56 Å². The van der Waals surface area contributed by atoms with Crippen molar-refractivity contribution in [3.05, 3.63) is 41.4 Å². The molecule has 1 aromatic carbocycles. The quantitative estimate of drug-likeness (QED) is 0.836. The Morgan fingerprint density at radius 2 is 1.75 bits per heavy atom. The number of carbonyl (C=O) groups is 2. The van der Waals surface area contributed by atoms with E-state index < -0.39 is 17.4 Å². The highest BCUT2D eigenvalue weighted by atomic mass is 16.5. The van der Waals surface area contributed by atoms with Crippen LogP contribution in [0.1, 0.15) is 42.7 Å². The molecule has 2 N–H and O–H groups in total. The van der Waals surface area contributed by atoms with Gasteiger partial charge in [0.15, 0.2) is 0 Å². The summed E-state index contributed by atoms with van der Waals surface area (Å²) in [4.78, 5) is 28.1. The van der Waals surface area contributed by atoms with E-state index in [9.17, 15) is 9.59 Å². The summed E-state index contributed by atoms with van der Waals surface area (Å²) in [5.41, 5.74) is 1.21. The lowest BCUT2D eigenvalue weighted by Gasteiger charge is -2.12. The van der Waals surface area contributed by atoms with Crippen LogP contribution in [0.3, 0.4) is 0 Å². The normalized spacial score (nSPS) is 11.0. The molecule has 128 valence electrons. The largest absolute Gasteiger partial charge is 0.464 e. The first-order valence-electron chi connectivity index (χ1n) is 7.45. The van der Waals surface area contributed by atoms with Crippen molar-refractivity contribution in [3.63, 3.8) is 0 Å². The number of amides is 2. The first kappa shape index (κ1) is 17.5. The van der Waals surface area contributed by atoms with Gasteiger partial charge in [-0.15, -0.1) is 0 Å². The van der Waals surface area contributed by atoms with Crippen LogP contribution in [0.4, 0.5) is 16.4 Å². The number of oxazole rings is 1. The maximum atomic E-state index is 12.1. The van der Waals surface area contributed by atoms with Crippen LogP contribution in [0.15, 0.2) is 28.7 Å². The van der Waals surface area contributed by atoms with Gasteiger partial charge in [0.1, 0.15) is 0 Å². The summed E-state index contributed by atoms with van der Waals surface area (Å²) >= 11 is 0. The Hall–Kier alpha value is -2.83. The maximum Gasteiger partial charge on any atom is 0.362 e. The minimum absolute atomic E-state index is 0.0450. The molecule has 0 fully saturated rings. The van der Waals surface area contributed by atoms with Gasteiger partial charge in [0, 0.05) is 11.1 Å². The van der Waals surface area contributed by atoms with Crippen LogP contribution in [0.2, 0.25) is 0 Å². The van der Waals surface area contributed by atoms with Gasteiger partial charge in [-0.25, -0.2) is 14.6 Å². The molecule has 2 aromatic rings. The monoisotopic (exact) mass is 331 g/mol. The number of rotatable bonds is 3. The predicted octanol–water partition coefficient (Wildman–Crippen LogP) is 3.71. The first-order chi connectivity index (χ1) is 11.2. The van der Waals surface area contributed by atoms with Crippen molar-refractivity contribution in [2.75, 3.05) is 17.7 Å². The van der Waals surface area contributed by atoms with Crippen molar-refractivity contribution >= 4 is 23.6 Å². The molecular weight excluding hydrogens is 310 g/mol. The van der Waals surface area contributed by atoms with Crippen LogP contribution in [0.5, 0.6) is 0 Å². The number of methoxy groups -OCH3 is 1. The van der Waals surface area contributed by atoms with Gasteiger partial charge < -0.3 is 14.5 Å². The van der Waals surface area contributed by atoms with E-state index in [1.807, 2.05) is 39.8 Å². The molecule has 0 radical (unpaired) electrons. The van der Waals surface area contributed by atoms with E-state index in [0.29, 0.717) is 11.6 Å². The highest BCUT2D eigenvalue weighted by molar-refractivity contribution is 6.02. The molecular formula is C17H21N3O4. The highest BCUT2D eigenvalue weighted by Gasteiger charge is 2.28. The van der Waals surface area contributed by atoms with Gasteiger partial charge in [-0.3, -0.25) is 5.32 Å². The summed E-state index contributed by atoms with van der Waals surface area (Å²) in [6.45, 7) is 7.61. The zero-order valence-electron chi connectivity index (χ0n) is 14.4. The van der Waals surface area contributed by atoms with Gasteiger partial charge in [-0.05, 0) is 19.1 Å². The Morgan fingerprint density at radius 1 is 1.12 bits per heavy atom. The molecule has 1 heterocycles. The summed E-state index contributed by atoms with van der Waals surface area (Å²) in [6, 6.07) is 6.76. The SMILES string of the molecule is COC(=O)c1nc(C(C)(C)C)oc1NC(=O)Nc1ccc(C)cc1.